The molecule has 1 aliphatic heterocycles. The lowest BCUT2D eigenvalue weighted by Crippen LogP contribution is -2.38. The topological polar surface area (TPSA) is 49.0 Å². The van der Waals surface area contributed by atoms with Gasteiger partial charge in [0.05, 0.1) is 5.69 Å². The van der Waals surface area contributed by atoms with Crippen LogP contribution >= 0.6 is 0 Å². The van der Waals surface area contributed by atoms with E-state index in [1.807, 2.05) is 37.3 Å². The number of nitrogens with one attached hydrogen (secondary N) is 1. The normalized spacial score (nSPS) is 17.7. The van der Waals surface area contributed by atoms with Crippen LogP contribution in [-0.4, -0.2) is 34.0 Å². The minimum absolute atomic E-state index is 0.0707. The van der Waals surface area contributed by atoms with Crippen LogP contribution in [0.1, 0.15) is 34.6 Å². The largest absolute Gasteiger partial charge is 0.297 e. The molecule has 1 N–H and O–H groups in total. The van der Waals surface area contributed by atoms with Crippen molar-refractivity contribution < 1.29 is 4.79 Å². The fourth-order valence-corrected chi connectivity index (χ4v) is 3.89. The van der Waals surface area contributed by atoms with Crippen LogP contribution in [0.2, 0.25) is 0 Å². The molecular formula is C23H25N3O. The van der Waals surface area contributed by atoms with Crippen LogP contribution in [0.25, 0.3) is 11.1 Å². The highest BCUT2D eigenvalue weighted by Gasteiger charge is 2.27. The Morgan fingerprint density at radius 3 is 2.56 bits per heavy atom. The standard InChI is InChI=1S/C23H25N3O/c1-17-14-22(25-24-17)16-26-13-5-8-21(15-26)23(27)20-11-9-19(10-12-20)18-6-3-2-4-7-18/h2-4,6-7,9-12,14,21H,5,8,13,15-16H2,1H3,(H,24,25). The van der Waals surface area contributed by atoms with E-state index in [0.717, 1.165) is 55.0 Å². The first kappa shape index (κ1) is 17.7. The number of H-pyrrole nitrogens is 1. The Morgan fingerprint density at radius 2 is 1.85 bits per heavy atom. The number of rotatable bonds is 5. The molecule has 0 amide bonds. The zero-order chi connectivity index (χ0) is 18.6. The third-order valence-electron chi connectivity index (χ3n) is 5.30. The molecule has 4 nitrogen and oxygen atoms in total. The Hall–Kier alpha value is -2.72. The Kier molecular flexibility index (Phi) is 5.16. The number of benzene rings is 2. The predicted octanol–water partition coefficient (Wildman–Crippen LogP) is 4.48. The number of carbonyl (C=O) groups is 1. The van der Waals surface area contributed by atoms with Crippen molar-refractivity contribution in [3.8, 4) is 11.1 Å². The first-order chi connectivity index (χ1) is 13.2. The Balaban J connectivity index is 1.42. The molecule has 3 aromatic rings. The molecule has 138 valence electrons. The highest BCUT2D eigenvalue weighted by Crippen LogP contribution is 2.24. The summed E-state index contributed by atoms with van der Waals surface area (Å²) >= 11 is 0. The molecule has 1 fully saturated rings. The Labute approximate surface area is 160 Å². The van der Waals surface area contributed by atoms with Gasteiger partial charge in [0.1, 0.15) is 0 Å². The van der Waals surface area contributed by atoms with Crippen LogP contribution < -0.4 is 0 Å². The van der Waals surface area contributed by atoms with E-state index < -0.39 is 0 Å². The van der Waals surface area contributed by atoms with Gasteiger partial charge in [-0.2, -0.15) is 5.10 Å². The number of aryl methyl sites for hydroxylation is 1. The molecule has 2 aromatic carbocycles. The van der Waals surface area contributed by atoms with Crippen LogP contribution in [0.15, 0.2) is 60.7 Å². The van der Waals surface area contributed by atoms with E-state index in [1.165, 1.54) is 5.56 Å². The zero-order valence-corrected chi connectivity index (χ0v) is 15.7. The van der Waals surface area contributed by atoms with Crippen LogP contribution in [0.3, 0.4) is 0 Å². The summed E-state index contributed by atoms with van der Waals surface area (Å²) < 4.78 is 0. The lowest BCUT2D eigenvalue weighted by molar-refractivity contribution is 0.0810. The number of Topliss-reactive ketones (excluding diaryl/α,β-unsaturated/α-hetero) is 1. The first-order valence-electron chi connectivity index (χ1n) is 9.62. The molecule has 1 atom stereocenters. The molecule has 0 bridgehead atoms. The average Bonchev–Trinajstić information content (AvgIpc) is 3.13. The van der Waals surface area contributed by atoms with Crippen molar-refractivity contribution in [1.29, 1.82) is 0 Å². The summed E-state index contributed by atoms with van der Waals surface area (Å²) in [6, 6.07) is 20.4. The van der Waals surface area contributed by atoms with E-state index in [4.69, 9.17) is 0 Å². The van der Waals surface area contributed by atoms with Crippen LogP contribution in [-0.2, 0) is 6.54 Å². The quantitative estimate of drug-likeness (QED) is 0.683. The molecule has 0 spiro atoms. The van der Waals surface area contributed by atoms with Gasteiger partial charge in [0.25, 0.3) is 0 Å². The lowest BCUT2D eigenvalue weighted by Gasteiger charge is -2.31. The van der Waals surface area contributed by atoms with Crippen molar-refractivity contribution in [2.45, 2.75) is 26.3 Å². The van der Waals surface area contributed by atoms with Gasteiger partial charge in [0.15, 0.2) is 5.78 Å². The second-order valence-corrected chi connectivity index (χ2v) is 7.42. The number of aromatic amines is 1. The zero-order valence-electron chi connectivity index (χ0n) is 15.7. The maximum absolute atomic E-state index is 13.0. The first-order valence-corrected chi connectivity index (χ1v) is 9.62. The second kappa shape index (κ2) is 7.89. The third kappa shape index (κ3) is 4.17. The van der Waals surface area contributed by atoms with Gasteiger partial charge in [-0.3, -0.25) is 14.8 Å². The van der Waals surface area contributed by atoms with Gasteiger partial charge < -0.3 is 0 Å². The molecule has 0 aliphatic carbocycles. The number of carbonyl (C=O) groups excluding carboxylic acids is 1. The van der Waals surface area contributed by atoms with E-state index >= 15 is 0 Å². The van der Waals surface area contributed by atoms with E-state index in [0.29, 0.717) is 0 Å². The van der Waals surface area contributed by atoms with Crippen molar-refractivity contribution >= 4 is 5.78 Å². The monoisotopic (exact) mass is 359 g/mol. The average molecular weight is 359 g/mol. The molecule has 1 saturated heterocycles. The number of ketones is 1. The van der Waals surface area contributed by atoms with Gasteiger partial charge in [-0.1, -0.05) is 54.6 Å². The van der Waals surface area contributed by atoms with Crippen LogP contribution in [0, 0.1) is 12.8 Å². The van der Waals surface area contributed by atoms with Crippen molar-refractivity contribution in [2.24, 2.45) is 5.92 Å². The molecule has 2 heterocycles. The Morgan fingerprint density at radius 1 is 1.11 bits per heavy atom. The maximum atomic E-state index is 13.0. The van der Waals surface area contributed by atoms with E-state index in [-0.39, 0.29) is 11.7 Å². The molecule has 4 heteroatoms. The highest BCUT2D eigenvalue weighted by atomic mass is 16.1. The fourth-order valence-electron chi connectivity index (χ4n) is 3.89. The van der Waals surface area contributed by atoms with Gasteiger partial charge in [-0.25, -0.2) is 0 Å². The third-order valence-corrected chi connectivity index (χ3v) is 5.30. The minimum atomic E-state index is 0.0707. The van der Waals surface area contributed by atoms with Crippen LogP contribution in [0.4, 0.5) is 0 Å². The summed E-state index contributed by atoms with van der Waals surface area (Å²) in [5.74, 6) is 0.332. The number of aromatic nitrogens is 2. The smallest absolute Gasteiger partial charge is 0.167 e. The second-order valence-electron chi connectivity index (χ2n) is 7.42. The number of nitrogens with zero attached hydrogens (tertiary/aromatic N) is 2. The predicted molar refractivity (Wildman–Crippen MR) is 108 cm³/mol. The van der Waals surface area contributed by atoms with E-state index in [1.54, 1.807) is 0 Å². The molecular weight excluding hydrogens is 334 g/mol. The van der Waals surface area contributed by atoms with Gasteiger partial charge in [0.2, 0.25) is 0 Å². The van der Waals surface area contributed by atoms with Gasteiger partial charge in [-0.05, 0) is 43.5 Å². The van der Waals surface area contributed by atoms with Crippen molar-refractivity contribution in [3.05, 3.63) is 77.6 Å². The van der Waals surface area contributed by atoms with E-state index in [9.17, 15) is 4.79 Å². The number of piperidine rings is 1. The van der Waals surface area contributed by atoms with Gasteiger partial charge >= 0.3 is 0 Å². The Bertz CT molecular complexity index is 899. The van der Waals surface area contributed by atoms with Crippen LogP contribution in [0.5, 0.6) is 0 Å². The maximum Gasteiger partial charge on any atom is 0.167 e. The minimum Gasteiger partial charge on any atom is -0.297 e. The molecule has 27 heavy (non-hydrogen) atoms. The van der Waals surface area contributed by atoms with Crippen molar-refractivity contribution in [3.63, 3.8) is 0 Å². The summed E-state index contributed by atoms with van der Waals surface area (Å²) in [5.41, 5.74) is 5.26. The summed E-state index contributed by atoms with van der Waals surface area (Å²) in [4.78, 5) is 15.3. The molecule has 1 aliphatic rings. The number of hydrogen-bond donors (Lipinski definition) is 1. The van der Waals surface area contributed by atoms with Gasteiger partial charge in [-0.15, -0.1) is 0 Å². The van der Waals surface area contributed by atoms with E-state index in [2.05, 4.69) is 45.4 Å². The SMILES string of the molecule is Cc1cc(CN2CCCC(C(=O)c3ccc(-c4ccccc4)cc3)C2)n[nH]1. The summed E-state index contributed by atoms with van der Waals surface area (Å²) in [6.07, 6.45) is 2.03. The molecule has 0 radical (unpaired) electrons. The van der Waals surface area contributed by atoms with Gasteiger partial charge in [0, 0.05) is 30.3 Å². The highest BCUT2D eigenvalue weighted by molar-refractivity contribution is 5.98. The summed E-state index contributed by atoms with van der Waals surface area (Å²) in [6.45, 7) is 4.66. The number of likely N-dealkylation sites (tertiary alicyclic amines) is 1. The fraction of sp³-hybridized carbons (Fsp3) is 0.304. The summed E-state index contributed by atoms with van der Waals surface area (Å²) in [5, 5.41) is 7.32. The number of hydrogen-bond acceptors (Lipinski definition) is 3. The molecule has 4 rings (SSSR count). The van der Waals surface area contributed by atoms with Crippen molar-refractivity contribution in [2.75, 3.05) is 13.1 Å². The van der Waals surface area contributed by atoms with Crippen molar-refractivity contribution in [1.82, 2.24) is 15.1 Å². The lowest BCUT2D eigenvalue weighted by atomic mass is 9.89. The summed E-state index contributed by atoms with van der Waals surface area (Å²) in [7, 11) is 0. The molecule has 1 aromatic heterocycles. The molecule has 0 saturated carbocycles. The molecule has 1 unspecified atom stereocenters.